The van der Waals surface area contributed by atoms with Crippen molar-refractivity contribution in [3.63, 3.8) is 0 Å². The molecule has 7 heteroatoms. The van der Waals surface area contributed by atoms with Crippen LogP contribution in [0.1, 0.15) is 23.8 Å². The van der Waals surface area contributed by atoms with Crippen LogP contribution in [0.3, 0.4) is 0 Å². The van der Waals surface area contributed by atoms with Gasteiger partial charge in [-0.3, -0.25) is 0 Å². The highest BCUT2D eigenvalue weighted by Gasteiger charge is 2.34. The topological polar surface area (TPSA) is 59.5 Å². The van der Waals surface area contributed by atoms with Crippen molar-refractivity contribution in [2.24, 2.45) is 0 Å². The van der Waals surface area contributed by atoms with E-state index in [0.29, 0.717) is 29.6 Å². The van der Waals surface area contributed by atoms with Crippen molar-refractivity contribution in [1.29, 1.82) is 0 Å². The van der Waals surface area contributed by atoms with Crippen LogP contribution in [-0.4, -0.2) is 36.9 Å². The zero-order chi connectivity index (χ0) is 16.4. The van der Waals surface area contributed by atoms with Gasteiger partial charge in [0, 0.05) is 23.7 Å². The summed E-state index contributed by atoms with van der Waals surface area (Å²) in [5, 5.41) is 0. The molecule has 0 spiro atoms. The molecule has 1 atom stereocenters. The van der Waals surface area contributed by atoms with Gasteiger partial charge in [0.25, 0.3) is 10.0 Å². The largest absolute Gasteiger partial charge is 0.473 e. The molecule has 0 aromatic carbocycles. The fourth-order valence-electron chi connectivity index (χ4n) is 2.52. The molecule has 124 valence electrons. The molecule has 0 radical (unpaired) electrons. The fraction of sp³-hybridized carbons (Fsp3) is 0.438. The average Bonchev–Trinajstić information content (AvgIpc) is 3.19. The fourth-order valence-corrected chi connectivity index (χ4v) is 5.46. The van der Waals surface area contributed by atoms with E-state index in [9.17, 15) is 8.42 Å². The number of sulfonamides is 1. The summed E-state index contributed by atoms with van der Waals surface area (Å²) in [6.45, 7) is 4.85. The minimum absolute atomic E-state index is 0.148. The summed E-state index contributed by atoms with van der Waals surface area (Å²) in [5.41, 5.74) is 1.07. The van der Waals surface area contributed by atoms with Gasteiger partial charge in [0.15, 0.2) is 0 Å². The first kappa shape index (κ1) is 16.4. The standard InChI is InChI=1S/C16H20N2O3S2/c1-3-14-5-7-16(22-14)23(19,20)18-9-8-13(11-18)21-15-6-4-12(2)10-17-15/h4-7,10,13H,3,8-9,11H2,1-2H3. The molecular weight excluding hydrogens is 332 g/mol. The van der Waals surface area contributed by atoms with Gasteiger partial charge in [-0.05, 0) is 37.5 Å². The molecule has 5 nitrogen and oxygen atoms in total. The number of nitrogens with zero attached hydrogens (tertiary/aromatic N) is 2. The van der Waals surface area contributed by atoms with Gasteiger partial charge in [-0.15, -0.1) is 11.3 Å². The number of pyridine rings is 1. The second-order valence-electron chi connectivity index (χ2n) is 5.64. The number of thiophene rings is 1. The minimum Gasteiger partial charge on any atom is -0.473 e. The molecule has 1 fully saturated rings. The second-order valence-corrected chi connectivity index (χ2v) is 8.97. The van der Waals surface area contributed by atoms with Crippen molar-refractivity contribution < 1.29 is 13.2 Å². The minimum atomic E-state index is -3.41. The number of aromatic nitrogens is 1. The van der Waals surface area contributed by atoms with Crippen molar-refractivity contribution in [2.75, 3.05) is 13.1 Å². The molecule has 1 saturated heterocycles. The molecule has 0 saturated carbocycles. The van der Waals surface area contributed by atoms with E-state index in [0.717, 1.165) is 16.9 Å². The smallest absolute Gasteiger partial charge is 0.252 e. The summed E-state index contributed by atoms with van der Waals surface area (Å²) in [7, 11) is -3.41. The molecule has 1 aliphatic rings. The average molecular weight is 352 g/mol. The van der Waals surface area contributed by atoms with E-state index in [1.54, 1.807) is 12.3 Å². The second kappa shape index (κ2) is 6.59. The molecule has 3 heterocycles. The predicted octanol–water partition coefficient (Wildman–Crippen LogP) is 2.86. The number of hydrogen-bond donors (Lipinski definition) is 0. The molecule has 2 aromatic heterocycles. The Kier molecular flexibility index (Phi) is 4.70. The maximum absolute atomic E-state index is 12.7. The molecule has 3 rings (SSSR count). The maximum atomic E-state index is 12.7. The van der Waals surface area contributed by atoms with E-state index >= 15 is 0 Å². The van der Waals surface area contributed by atoms with Gasteiger partial charge in [0.05, 0.1) is 6.54 Å². The Morgan fingerprint density at radius 1 is 1.35 bits per heavy atom. The summed E-state index contributed by atoms with van der Waals surface area (Å²) >= 11 is 1.35. The van der Waals surface area contributed by atoms with Gasteiger partial charge in [0.2, 0.25) is 5.88 Å². The highest BCUT2D eigenvalue weighted by molar-refractivity contribution is 7.91. The van der Waals surface area contributed by atoms with Crippen LogP contribution >= 0.6 is 11.3 Å². The Labute approximate surface area is 141 Å². The van der Waals surface area contributed by atoms with E-state index in [1.165, 1.54) is 15.6 Å². The molecule has 0 aliphatic carbocycles. The van der Waals surface area contributed by atoms with Gasteiger partial charge in [0.1, 0.15) is 10.3 Å². The Bertz CT molecular complexity index is 769. The maximum Gasteiger partial charge on any atom is 0.252 e. The Balaban J connectivity index is 1.67. The number of hydrogen-bond acceptors (Lipinski definition) is 5. The third kappa shape index (κ3) is 3.57. The van der Waals surface area contributed by atoms with Crippen LogP contribution in [0, 0.1) is 6.92 Å². The van der Waals surface area contributed by atoms with Crippen LogP contribution in [0.5, 0.6) is 5.88 Å². The first-order valence-corrected chi connectivity index (χ1v) is 9.93. The van der Waals surface area contributed by atoms with E-state index in [4.69, 9.17) is 4.74 Å². The molecule has 0 bridgehead atoms. The summed E-state index contributed by atoms with van der Waals surface area (Å²) < 4.78 is 33.1. The Morgan fingerprint density at radius 3 is 2.83 bits per heavy atom. The zero-order valence-electron chi connectivity index (χ0n) is 13.2. The number of aryl methyl sites for hydroxylation is 2. The molecular formula is C16H20N2O3S2. The SMILES string of the molecule is CCc1ccc(S(=O)(=O)N2CCC(Oc3ccc(C)cn3)C2)s1. The molecule has 1 unspecified atom stereocenters. The Hall–Kier alpha value is -1.44. The van der Waals surface area contributed by atoms with Crippen LogP contribution in [0.2, 0.25) is 0 Å². The van der Waals surface area contributed by atoms with E-state index in [2.05, 4.69) is 4.98 Å². The quantitative estimate of drug-likeness (QED) is 0.830. The summed E-state index contributed by atoms with van der Waals surface area (Å²) in [6, 6.07) is 7.34. The van der Waals surface area contributed by atoms with Crippen molar-refractivity contribution in [2.45, 2.75) is 37.0 Å². The van der Waals surface area contributed by atoms with Crippen molar-refractivity contribution in [3.8, 4) is 5.88 Å². The van der Waals surface area contributed by atoms with Crippen molar-refractivity contribution in [3.05, 3.63) is 40.9 Å². The van der Waals surface area contributed by atoms with Gasteiger partial charge < -0.3 is 4.74 Å². The van der Waals surface area contributed by atoms with Crippen molar-refractivity contribution >= 4 is 21.4 Å². The first-order chi connectivity index (χ1) is 11.0. The van der Waals surface area contributed by atoms with E-state index in [1.807, 2.05) is 32.0 Å². The molecule has 0 amide bonds. The van der Waals surface area contributed by atoms with Gasteiger partial charge in [-0.2, -0.15) is 4.31 Å². The van der Waals surface area contributed by atoms with Gasteiger partial charge in [-0.1, -0.05) is 13.0 Å². The normalized spacial score (nSPS) is 19.1. The molecule has 23 heavy (non-hydrogen) atoms. The van der Waals surface area contributed by atoms with E-state index in [-0.39, 0.29) is 6.10 Å². The summed E-state index contributed by atoms with van der Waals surface area (Å²) in [5.74, 6) is 0.546. The van der Waals surface area contributed by atoms with E-state index < -0.39 is 10.0 Å². The zero-order valence-corrected chi connectivity index (χ0v) is 14.9. The lowest BCUT2D eigenvalue weighted by Crippen LogP contribution is -2.30. The molecule has 1 aliphatic heterocycles. The number of rotatable bonds is 5. The van der Waals surface area contributed by atoms with Crippen molar-refractivity contribution in [1.82, 2.24) is 9.29 Å². The summed E-state index contributed by atoms with van der Waals surface area (Å²) in [6.07, 6.45) is 3.13. The van der Waals surface area contributed by atoms with Crippen LogP contribution in [-0.2, 0) is 16.4 Å². The van der Waals surface area contributed by atoms with Gasteiger partial charge in [-0.25, -0.2) is 13.4 Å². The lowest BCUT2D eigenvalue weighted by atomic mass is 10.3. The third-order valence-corrected chi connectivity index (χ3v) is 7.42. The highest BCUT2D eigenvalue weighted by atomic mass is 32.2. The summed E-state index contributed by atoms with van der Waals surface area (Å²) in [4.78, 5) is 5.30. The van der Waals surface area contributed by atoms with Gasteiger partial charge >= 0.3 is 0 Å². The lowest BCUT2D eigenvalue weighted by molar-refractivity contribution is 0.207. The monoisotopic (exact) mass is 352 g/mol. The predicted molar refractivity (Wildman–Crippen MR) is 90.5 cm³/mol. The van der Waals surface area contributed by atoms with Crippen LogP contribution in [0.25, 0.3) is 0 Å². The Morgan fingerprint density at radius 2 is 2.17 bits per heavy atom. The van der Waals surface area contributed by atoms with Crippen LogP contribution < -0.4 is 4.74 Å². The van der Waals surface area contributed by atoms with Crippen LogP contribution in [0.4, 0.5) is 0 Å². The molecule has 2 aromatic rings. The highest BCUT2D eigenvalue weighted by Crippen LogP contribution is 2.28. The molecule has 0 N–H and O–H groups in total. The third-order valence-electron chi connectivity index (χ3n) is 3.86. The van der Waals surface area contributed by atoms with Crippen LogP contribution in [0.15, 0.2) is 34.7 Å². The first-order valence-electron chi connectivity index (χ1n) is 7.67. The lowest BCUT2D eigenvalue weighted by Gasteiger charge is -2.16. The number of ether oxygens (including phenoxy) is 1.